The molecular formula is C17H18F3N3O. The molecule has 0 saturated heterocycles. The number of benzene rings is 1. The van der Waals surface area contributed by atoms with Crippen LogP contribution in [0.5, 0.6) is 0 Å². The molecule has 4 nitrogen and oxygen atoms in total. The summed E-state index contributed by atoms with van der Waals surface area (Å²) in [6.45, 7) is 3.81. The number of amides is 1. The molecular weight excluding hydrogens is 319 g/mol. The minimum atomic E-state index is -4.37. The minimum Gasteiger partial charge on any atom is -0.349 e. The number of carbonyl (C=O) groups excluding carboxylic acids is 1. The van der Waals surface area contributed by atoms with Crippen molar-refractivity contribution in [1.29, 1.82) is 0 Å². The zero-order chi connectivity index (χ0) is 17.3. The van der Waals surface area contributed by atoms with Crippen LogP contribution in [0.25, 0.3) is 0 Å². The summed E-state index contributed by atoms with van der Waals surface area (Å²) in [5.41, 5.74) is 0.788. The first kappa shape index (κ1) is 16.6. The molecule has 24 heavy (non-hydrogen) atoms. The van der Waals surface area contributed by atoms with Gasteiger partial charge in [-0.15, -0.1) is 0 Å². The lowest BCUT2D eigenvalue weighted by Gasteiger charge is -2.34. The Kier molecular flexibility index (Phi) is 4.36. The van der Waals surface area contributed by atoms with Crippen LogP contribution in [-0.4, -0.2) is 28.5 Å². The second-order valence-corrected chi connectivity index (χ2v) is 5.90. The molecule has 0 fully saturated rings. The maximum Gasteiger partial charge on any atom is 0.416 e. The second kappa shape index (κ2) is 6.32. The largest absolute Gasteiger partial charge is 0.416 e. The van der Waals surface area contributed by atoms with Gasteiger partial charge in [0, 0.05) is 36.7 Å². The van der Waals surface area contributed by atoms with Gasteiger partial charge in [-0.1, -0.05) is 0 Å². The third-order valence-corrected chi connectivity index (χ3v) is 4.31. The predicted molar refractivity (Wildman–Crippen MR) is 84.5 cm³/mol. The summed E-state index contributed by atoms with van der Waals surface area (Å²) in [5.74, 6) is -0.235. The van der Waals surface area contributed by atoms with Gasteiger partial charge in [-0.3, -0.25) is 9.69 Å². The molecule has 0 saturated carbocycles. The van der Waals surface area contributed by atoms with Crippen molar-refractivity contribution in [3.05, 3.63) is 53.9 Å². The van der Waals surface area contributed by atoms with Crippen molar-refractivity contribution in [2.24, 2.45) is 0 Å². The van der Waals surface area contributed by atoms with Crippen LogP contribution in [0, 0.1) is 0 Å². The van der Waals surface area contributed by atoms with Crippen molar-refractivity contribution in [1.82, 2.24) is 9.47 Å². The lowest BCUT2D eigenvalue weighted by Crippen LogP contribution is -2.41. The van der Waals surface area contributed by atoms with Gasteiger partial charge in [-0.2, -0.15) is 13.2 Å². The number of halogens is 3. The zero-order valence-corrected chi connectivity index (χ0v) is 13.2. The summed E-state index contributed by atoms with van der Waals surface area (Å²) in [5, 5.41) is 2.65. The molecule has 1 amide bonds. The van der Waals surface area contributed by atoms with Gasteiger partial charge in [0.2, 0.25) is 5.91 Å². The Balaban J connectivity index is 1.60. The summed E-state index contributed by atoms with van der Waals surface area (Å²) in [4.78, 5) is 14.2. The summed E-state index contributed by atoms with van der Waals surface area (Å²) in [6.07, 6.45) is -2.36. The molecule has 1 aliphatic heterocycles. The first-order valence-electron chi connectivity index (χ1n) is 7.71. The van der Waals surface area contributed by atoms with E-state index < -0.39 is 11.7 Å². The number of aromatic nitrogens is 1. The van der Waals surface area contributed by atoms with Gasteiger partial charge in [0.1, 0.15) is 0 Å². The highest BCUT2D eigenvalue weighted by atomic mass is 19.4. The second-order valence-electron chi connectivity index (χ2n) is 5.90. The molecule has 0 bridgehead atoms. The van der Waals surface area contributed by atoms with Crippen molar-refractivity contribution >= 4 is 11.6 Å². The van der Waals surface area contributed by atoms with E-state index in [0.717, 1.165) is 30.9 Å². The topological polar surface area (TPSA) is 37.3 Å². The van der Waals surface area contributed by atoms with E-state index in [2.05, 4.69) is 14.8 Å². The van der Waals surface area contributed by atoms with Gasteiger partial charge < -0.3 is 9.88 Å². The summed E-state index contributed by atoms with van der Waals surface area (Å²) in [7, 11) is 0. The van der Waals surface area contributed by atoms with Gasteiger partial charge in [0.15, 0.2) is 0 Å². The average Bonchev–Trinajstić information content (AvgIpc) is 2.99. The Hall–Kier alpha value is -2.28. The van der Waals surface area contributed by atoms with E-state index in [4.69, 9.17) is 0 Å². The highest BCUT2D eigenvalue weighted by molar-refractivity contribution is 5.92. The Morgan fingerprint density at radius 2 is 1.92 bits per heavy atom. The van der Waals surface area contributed by atoms with Gasteiger partial charge in [0.25, 0.3) is 0 Å². The van der Waals surface area contributed by atoms with Crippen LogP contribution in [-0.2, 0) is 17.5 Å². The lowest BCUT2D eigenvalue weighted by molar-refractivity contribution is -0.137. The van der Waals surface area contributed by atoms with E-state index in [1.807, 2.05) is 25.3 Å². The van der Waals surface area contributed by atoms with E-state index in [-0.39, 0.29) is 18.5 Å². The number of hydrogen-bond donors (Lipinski definition) is 1. The van der Waals surface area contributed by atoms with E-state index in [1.54, 1.807) is 0 Å². The van der Waals surface area contributed by atoms with Crippen molar-refractivity contribution in [2.45, 2.75) is 25.7 Å². The molecule has 1 aliphatic rings. The van der Waals surface area contributed by atoms with Crippen LogP contribution >= 0.6 is 0 Å². The number of nitrogens with one attached hydrogen (secondary N) is 1. The molecule has 1 aromatic heterocycles. The Bertz CT molecular complexity index is 721. The molecule has 2 aromatic rings. The average molecular weight is 337 g/mol. The van der Waals surface area contributed by atoms with E-state index in [9.17, 15) is 18.0 Å². The molecule has 1 unspecified atom stereocenters. The number of nitrogens with zero attached hydrogens (tertiary/aromatic N) is 2. The van der Waals surface area contributed by atoms with Crippen LogP contribution in [0.4, 0.5) is 18.9 Å². The molecule has 2 heterocycles. The van der Waals surface area contributed by atoms with Gasteiger partial charge in [-0.25, -0.2) is 0 Å². The minimum absolute atomic E-state index is 0.118. The normalized spacial score (nSPS) is 18.2. The molecule has 7 heteroatoms. The molecule has 0 aliphatic carbocycles. The number of rotatable bonds is 3. The van der Waals surface area contributed by atoms with E-state index >= 15 is 0 Å². The number of anilines is 1. The summed E-state index contributed by atoms with van der Waals surface area (Å²) >= 11 is 0. The van der Waals surface area contributed by atoms with E-state index in [1.165, 1.54) is 12.1 Å². The first-order valence-corrected chi connectivity index (χ1v) is 7.71. The molecule has 1 N–H and O–H groups in total. The fourth-order valence-corrected chi connectivity index (χ4v) is 2.97. The highest BCUT2D eigenvalue weighted by Gasteiger charge is 2.30. The van der Waals surface area contributed by atoms with Crippen molar-refractivity contribution in [3.63, 3.8) is 0 Å². The van der Waals surface area contributed by atoms with Crippen molar-refractivity contribution in [3.8, 4) is 0 Å². The molecule has 1 atom stereocenters. The maximum atomic E-state index is 12.5. The number of fused-ring (bicyclic) bond motifs is 1. The Morgan fingerprint density at radius 1 is 1.21 bits per heavy atom. The summed E-state index contributed by atoms with van der Waals surface area (Å²) in [6, 6.07) is 8.60. The Morgan fingerprint density at radius 3 is 2.58 bits per heavy atom. The van der Waals surface area contributed by atoms with Crippen LogP contribution in [0.1, 0.15) is 24.2 Å². The standard InChI is InChI=1S/C17H18F3N3O/c1-12-15-3-2-8-22(15)9-10-23(12)11-16(24)21-14-6-4-13(5-7-14)17(18,19)20/h2-8,12H,9-11H2,1H3,(H,21,24). The lowest BCUT2D eigenvalue weighted by atomic mass is 10.1. The van der Waals surface area contributed by atoms with Crippen molar-refractivity contribution in [2.75, 3.05) is 18.4 Å². The predicted octanol–water partition coefficient (Wildman–Crippen LogP) is 3.52. The zero-order valence-electron chi connectivity index (χ0n) is 13.2. The summed E-state index contributed by atoms with van der Waals surface area (Å²) < 4.78 is 39.8. The smallest absolute Gasteiger partial charge is 0.349 e. The first-order chi connectivity index (χ1) is 11.3. The van der Waals surface area contributed by atoms with E-state index in [0.29, 0.717) is 5.69 Å². The number of carbonyl (C=O) groups is 1. The van der Waals surface area contributed by atoms with Crippen LogP contribution in [0.2, 0.25) is 0 Å². The highest BCUT2D eigenvalue weighted by Crippen LogP contribution is 2.30. The van der Waals surface area contributed by atoms with Crippen LogP contribution < -0.4 is 5.32 Å². The van der Waals surface area contributed by atoms with Gasteiger partial charge >= 0.3 is 6.18 Å². The molecule has 1 aromatic carbocycles. The van der Waals surface area contributed by atoms with Gasteiger partial charge in [0.05, 0.1) is 12.1 Å². The SMILES string of the molecule is CC1c2cccn2CCN1CC(=O)Nc1ccc(C(F)(F)F)cc1. The van der Waals surface area contributed by atoms with Crippen LogP contribution in [0.3, 0.4) is 0 Å². The molecule has 3 rings (SSSR count). The molecule has 0 spiro atoms. The number of alkyl halides is 3. The number of hydrogen-bond acceptors (Lipinski definition) is 2. The molecule has 0 radical (unpaired) electrons. The quantitative estimate of drug-likeness (QED) is 0.930. The van der Waals surface area contributed by atoms with Gasteiger partial charge in [-0.05, 0) is 43.3 Å². The Labute approximate surface area is 137 Å². The fraction of sp³-hybridized carbons (Fsp3) is 0.353. The van der Waals surface area contributed by atoms with Crippen molar-refractivity contribution < 1.29 is 18.0 Å². The van der Waals surface area contributed by atoms with Crippen LogP contribution in [0.15, 0.2) is 42.6 Å². The maximum absolute atomic E-state index is 12.5. The third-order valence-electron chi connectivity index (χ3n) is 4.31. The third kappa shape index (κ3) is 3.46. The monoisotopic (exact) mass is 337 g/mol. The molecule has 128 valence electrons. The fourth-order valence-electron chi connectivity index (χ4n) is 2.97.